The van der Waals surface area contributed by atoms with Crippen LogP contribution in [0.2, 0.25) is 5.02 Å². The van der Waals surface area contributed by atoms with Crippen molar-refractivity contribution in [1.82, 2.24) is 0 Å². The van der Waals surface area contributed by atoms with E-state index in [2.05, 4.69) is 5.32 Å². The average molecular weight is 229 g/mol. The summed E-state index contributed by atoms with van der Waals surface area (Å²) in [4.78, 5) is 0. The molecule has 0 aliphatic heterocycles. The van der Waals surface area contributed by atoms with Crippen LogP contribution in [-0.4, -0.2) is 6.04 Å². The number of halogens is 2. The highest BCUT2D eigenvalue weighted by atomic mass is 35.5. The molecule has 0 saturated heterocycles. The predicted octanol–water partition coefficient (Wildman–Crippen LogP) is 3.42. The number of nitrogen functional groups attached to an aromatic ring is 1. The smallest absolute Gasteiger partial charge is 0.143 e. The van der Waals surface area contributed by atoms with Crippen molar-refractivity contribution in [3.8, 4) is 0 Å². The molecular formula is C11H14ClFN2. The quantitative estimate of drug-likeness (QED) is 0.762. The third-order valence-electron chi connectivity index (χ3n) is 2.81. The van der Waals surface area contributed by atoms with Gasteiger partial charge in [-0.15, -0.1) is 0 Å². The van der Waals surface area contributed by atoms with Crippen molar-refractivity contribution in [1.29, 1.82) is 0 Å². The Morgan fingerprint density at radius 3 is 2.67 bits per heavy atom. The lowest BCUT2D eigenvalue weighted by Crippen LogP contribution is -2.15. The Morgan fingerprint density at radius 2 is 2.00 bits per heavy atom. The van der Waals surface area contributed by atoms with Crippen LogP contribution >= 0.6 is 11.6 Å². The summed E-state index contributed by atoms with van der Waals surface area (Å²) in [6.45, 7) is 0. The first-order chi connectivity index (χ1) is 7.16. The maximum Gasteiger partial charge on any atom is 0.143 e. The van der Waals surface area contributed by atoms with Gasteiger partial charge in [-0.2, -0.15) is 0 Å². The number of benzene rings is 1. The topological polar surface area (TPSA) is 38.0 Å². The SMILES string of the molecule is Nc1cc(Cl)c(F)cc1NC1CCCC1. The van der Waals surface area contributed by atoms with Crippen molar-refractivity contribution in [3.05, 3.63) is 23.0 Å². The molecule has 2 nitrogen and oxygen atoms in total. The normalized spacial score (nSPS) is 16.9. The van der Waals surface area contributed by atoms with E-state index in [1.54, 1.807) is 0 Å². The van der Waals surface area contributed by atoms with Crippen LogP contribution in [0.5, 0.6) is 0 Å². The molecule has 0 radical (unpaired) electrons. The van der Waals surface area contributed by atoms with Gasteiger partial charge in [-0.1, -0.05) is 24.4 Å². The third kappa shape index (κ3) is 2.34. The Hall–Kier alpha value is -0.960. The van der Waals surface area contributed by atoms with Crippen LogP contribution in [0.25, 0.3) is 0 Å². The minimum absolute atomic E-state index is 0.0736. The summed E-state index contributed by atoms with van der Waals surface area (Å²) in [6.07, 6.45) is 4.72. The number of nitrogens with two attached hydrogens (primary N) is 1. The monoisotopic (exact) mass is 228 g/mol. The van der Waals surface area contributed by atoms with Crippen LogP contribution in [-0.2, 0) is 0 Å². The number of hydrogen-bond donors (Lipinski definition) is 2. The molecule has 0 amide bonds. The minimum Gasteiger partial charge on any atom is -0.397 e. The Bertz CT molecular complexity index is 362. The summed E-state index contributed by atoms with van der Waals surface area (Å²) in [7, 11) is 0. The minimum atomic E-state index is -0.425. The third-order valence-corrected chi connectivity index (χ3v) is 3.10. The Balaban J connectivity index is 2.16. The first-order valence-corrected chi connectivity index (χ1v) is 5.55. The number of hydrogen-bond acceptors (Lipinski definition) is 2. The van der Waals surface area contributed by atoms with E-state index in [1.165, 1.54) is 25.0 Å². The molecular weight excluding hydrogens is 215 g/mol. The van der Waals surface area contributed by atoms with Crippen LogP contribution in [0.1, 0.15) is 25.7 Å². The lowest BCUT2D eigenvalue weighted by atomic mass is 10.2. The van der Waals surface area contributed by atoms with E-state index in [4.69, 9.17) is 17.3 Å². The lowest BCUT2D eigenvalue weighted by Gasteiger charge is -2.15. The van der Waals surface area contributed by atoms with Crippen LogP contribution in [0.4, 0.5) is 15.8 Å². The second kappa shape index (κ2) is 4.27. The average Bonchev–Trinajstić information content (AvgIpc) is 2.67. The molecule has 1 aromatic carbocycles. The molecule has 3 N–H and O–H groups in total. The van der Waals surface area contributed by atoms with Gasteiger partial charge in [0.1, 0.15) is 5.82 Å². The second-order valence-corrected chi connectivity index (χ2v) is 4.39. The zero-order valence-electron chi connectivity index (χ0n) is 8.39. The van der Waals surface area contributed by atoms with Gasteiger partial charge in [0.15, 0.2) is 0 Å². The first kappa shape index (κ1) is 10.6. The highest BCUT2D eigenvalue weighted by Gasteiger charge is 2.16. The maximum absolute atomic E-state index is 13.2. The predicted molar refractivity (Wildman–Crippen MR) is 61.7 cm³/mol. The van der Waals surface area contributed by atoms with E-state index in [0.717, 1.165) is 12.8 Å². The van der Waals surface area contributed by atoms with E-state index in [0.29, 0.717) is 17.4 Å². The zero-order chi connectivity index (χ0) is 10.8. The lowest BCUT2D eigenvalue weighted by molar-refractivity contribution is 0.628. The molecule has 0 aromatic heterocycles. The molecule has 15 heavy (non-hydrogen) atoms. The summed E-state index contributed by atoms with van der Waals surface area (Å²) in [5, 5.41) is 3.33. The number of anilines is 2. The molecule has 4 heteroatoms. The molecule has 2 rings (SSSR count). The van der Waals surface area contributed by atoms with Gasteiger partial charge in [0.05, 0.1) is 16.4 Å². The fraction of sp³-hybridized carbons (Fsp3) is 0.455. The summed E-state index contributed by atoms with van der Waals surface area (Å²) in [5.74, 6) is -0.425. The van der Waals surface area contributed by atoms with Crippen molar-refractivity contribution >= 4 is 23.0 Å². The molecule has 82 valence electrons. The Labute approximate surface area is 93.6 Å². The van der Waals surface area contributed by atoms with E-state index >= 15 is 0 Å². The first-order valence-electron chi connectivity index (χ1n) is 5.18. The van der Waals surface area contributed by atoms with Gasteiger partial charge >= 0.3 is 0 Å². The molecule has 1 aliphatic rings. The zero-order valence-corrected chi connectivity index (χ0v) is 9.15. The summed E-state index contributed by atoms with van der Waals surface area (Å²) in [5.41, 5.74) is 6.92. The molecule has 1 aliphatic carbocycles. The van der Waals surface area contributed by atoms with Crippen LogP contribution in [0.15, 0.2) is 12.1 Å². The molecule has 0 bridgehead atoms. The Kier molecular flexibility index (Phi) is 3.00. The largest absolute Gasteiger partial charge is 0.397 e. The maximum atomic E-state index is 13.2. The van der Waals surface area contributed by atoms with Crippen molar-refractivity contribution < 1.29 is 4.39 Å². The van der Waals surface area contributed by atoms with Crippen molar-refractivity contribution in [2.45, 2.75) is 31.7 Å². The van der Waals surface area contributed by atoms with E-state index in [1.807, 2.05) is 0 Å². The van der Waals surface area contributed by atoms with Crippen molar-refractivity contribution in [2.24, 2.45) is 0 Å². The number of rotatable bonds is 2. The van der Waals surface area contributed by atoms with E-state index in [9.17, 15) is 4.39 Å². The summed E-state index contributed by atoms with van der Waals surface area (Å²) in [6, 6.07) is 3.25. The molecule has 0 unspecified atom stereocenters. The van der Waals surface area contributed by atoms with Gasteiger partial charge in [0, 0.05) is 12.1 Å². The van der Waals surface area contributed by atoms with Gasteiger partial charge in [-0.05, 0) is 18.9 Å². The van der Waals surface area contributed by atoms with E-state index in [-0.39, 0.29) is 5.02 Å². The fourth-order valence-corrected chi connectivity index (χ4v) is 2.15. The highest BCUT2D eigenvalue weighted by Crippen LogP contribution is 2.29. The van der Waals surface area contributed by atoms with Crippen molar-refractivity contribution in [3.63, 3.8) is 0 Å². The molecule has 0 heterocycles. The molecule has 0 spiro atoms. The van der Waals surface area contributed by atoms with Gasteiger partial charge in [-0.25, -0.2) is 4.39 Å². The van der Waals surface area contributed by atoms with Crippen LogP contribution < -0.4 is 11.1 Å². The second-order valence-electron chi connectivity index (χ2n) is 3.98. The molecule has 1 aromatic rings. The van der Waals surface area contributed by atoms with Gasteiger partial charge < -0.3 is 11.1 Å². The van der Waals surface area contributed by atoms with E-state index < -0.39 is 5.82 Å². The summed E-state index contributed by atoms with van der Waals surface area (Å²) < 4.78 is 13.2. The van der Waals surface area contributed by atoms with Crippen LogP contribution in [0.3, 0.4) is 0 Å². The standard InChI is InChI=1S/C11H14ClFN2/c12-8-5-10(14)11(6-9(8)13)15-7-3-1-2-4-7/h5-7,15H,1-4,14H2. The Morgan fingerprint density at radius 1 is 1.33 bits per heavy atom. The highest BCUT2D eigenvalue weighted by molar-refractivity contribution is 6.31. The molecule has 0 atom stereocenters. The fourth-order valence-electron chi connectivity index (χ4n) is 1.98. The number of nitrogens with one attached hydrogen (secondary N) is 1. The van der Waals surface area contributed by atoms with Gasteiger partial charge in [0.25, 0.3) is 0 Å². The molecule has 1 fully saturated rings. The van der Waals surface area contributed by atoms with Gasteiger partial charge in [-0.3, -0.25) is 0 Å². The van der Waals surface area contributed by atoms with Crippen molar-refractivity contribution in [2.75, 3.05) is 11.1 Å². The molecule has 1 saturated carbocycles. The van der Waals surface area contributed by atoms with Crippen LogP contribution in [0, 0.1) is 5.82 Å². The summed E-state index contributed by atoms with van der Waals surface area (Å²) >= 11 is 5.62. The van der Waals surface area contributed by atoms with Gasteiger partial charge in [0.2, 0.25) is 0 Å².